The van der Waals surface area contributed by atoms with E-state index in [9.17, 15) is 9.59 Å². The van der Waals surface area contributed by atoms with Crippen molar-refractivity contribution in [3.8, 4) is 0 Å². The average Bonchev–Trinajstić information content (AvgIpc) is 3.31. The van der Waals surface area contributed by atoms with Crippen molar-refractivity contribution in [2.45, 2.75) is 26.4 Å². The number of hydrogen-bond donors (Lipinski definition) is 0. The van der Waals surface area contributed by atoms with Gasteiger partial charge in [-0.3, -0.25) is 14.6 Å². The standard InChI is InChI=1S/C18H20N5O3/c1-4-5-8-21-16(24)14-15(20(3)18(21)25)19-17-22(12(2)10-23(14)17)11-13-7-6-9-26-13/h4-7,9-10,14H,8,11H2,1-3H3/q+1/b5-4+. The van der Waals surface area contributed by atoms with Crippen LogP contribution in [0.15, 0.2) is 46.2 Å². The van der Waals surface area contributed by atoms with Gasteiger partial charge in [0.05, 0.1) is 6.26 Å². The van der Waals surface area contributed by atoms with Crippen molar-refractivity contribution >= 4 is 23.7 Å². The normalized spacial score (nSPS) is 19.3. The minimum Gasteiger partial charge on any atom is -0.466 e. The van der Waals surface area contributed by atoms with Crippen molar-refractivity contribution in [3.05, 3.63) is 48.2 Å². The molecule has 2 aliphatic rings. The number of hydrogen-bond acceptors (Lipinski definition) is 4. The van der Waals surface area contributed by atoms with E-state index < -0.39 is 6.04 Å². The molecule has 0 spiro atoms. The molecule has 2 aliphatic heterocycles. The highest BCUT2D eigenvalue weighted by Crippen LogP contribution is 2.29. The number of amidine groups is 1. The van der Waals surface area contributed by atoms with Crippen LogP contribution in [-0.4, -0.2) is 45.7 Å². The number of urea groups is 1. The Bertz CT molecular complexity index is 938. The fourth-order valence-corrected chi connectivity index (χ4v) is 3.36. The van der Waals surface area contributed by atoms with Crippen molar-refractivity contribution < 1.29 is 18.6 Å². The summed E-state index contributed by atoms with van der Waals surface area (Å²) < 4.78 is 9.25. The van der Waals surface area contributed by atoms with E-state index in [1.807, 2.05) is 47.4 Å². The molecule has 0 saturated carbocycles. The number of amides is 3. The molecule has 1 fully saturated rings. The maximum atomic E-state index is 13.0. The number of rotatable bonds is 4. The molecule has 4 rings (SSSR count). The summed E-state index contributed by atoms with van der Waals surface area (Å²) in [5.41, 5.74) is 0.964. The molecule has 0 aliphatic carbocycles. The minimum absolute atomic E-state index is 0.254. The molecule has 1 saturated heterocycles. The number of nitrogens with zero attached hydrogens (tertiary/aromatic N) is 5. The zero-order valence-electron chi connectivity index (χ0n) is 14.9. The van der Waals surface area contributed by atoms with E-state index in [0.717, 1.165) is 11.5 Å². The summed E-state index contributed by atoms with van der Waals surface area (Å²) in [6, 6.07) is 2.76. The number of aliphatic imine (C=N–C) groups is 1. The molecule has 1 unspecified atom stereocenters. The highest BCUT2D eigenvalue weighted by Gasteiger charge is 2.52. The number of carbonyl (C=O) groups is 2. The second kappa shape index (κ2) is 5.98. The van der Waals surface area contributed by atoms with E-state index in [-0.39, 0.29) is 18.5 Å². The summed E-state index contributed by atoms with van der Waals surface area (Å²) in [7, 11) is 1.65. The van der Waals surface area contributed by atoms with Gasteiger partial charge in [0.2, 0.25) is 11.9 Å². The van der Waals surface area contributed by atoms with Crippen molar-refractivity contribution in [2.24, 2.45) is 4.99 Å². The van der Waals surface area contributed by atoms with Crippen LogP contribution in [0.4, 0.5) is 10.7 Å². The molecule has 26 heavy (non-hydrogen) atoms. The predicted molar refractivity (Wildman–Crippen MR) is 93.0 cm³/mol. The van der Waals surface area contributed by atoms with Gasteiger partial charge in [-0.15, -0.1) is 0 Å². The maximum absolute atomic E-state index is 13.0. The number of aryl methyl sites for hydroxylation is 1. The maximum Gasteiger partial charge on any atom is 0.402 e. The van der Waals surface area contributed by atoms with Crippen LogP contribution in [0, 0.1) is 6.92 Å². The monoisotopic (exact) mass is 354 g/mol. The Morgan fingerprint density at radius 2 is 2.19 bits per heavy atom. The van der Waals surface area contributed by atoms with E-state index in [0.29, 0.717) is 18.3 Å². The third kappa shape index (κ3) is 2.29. The molecular weight excluding hydrogens is 334 g/mol. The first-order valence-corrected chi connectivity index (χ1v) is 8.45. The van der Waals surface area contributed by atoms with Crippen molar-refractivity contribution in [1.82, 2.24) is 14.4 Å². The average molecular weight is 354 g/mol. The first kappa shape index (κ1) is 16.3. The van der Waals surface area contributed by atoms with E-state index in [1.165, 1.54) is 9.80 Å². The molecule has 4 heterocycles. The molecular formula is C18H20N5O3+. The van der Waals surface area contributed by atoms with Gasteiger partial charge in [0, 0.05) is 13.6 Å². The number of imide groups is 1. The van der Waals surface area contributed by atoms with Crippen LogP contribution in [-0.2, 0) is 11.3 Å². The third-order valence-corrected chi connectivity index (χ3v) is 4.74. The highest BCUT2D eigenvalue weighted by molar-refractivity contribution is 6.19. The quantitative estimate of drug-likeness (QED) is 0.620. The number of allylic oxidation sites excluding steroid dienone is 1. The first-order chi connectivity index (χ1) is 12.5. The van der Waals surface area contributed by atoms with E-state index in [4.69, 9.17) is 4.42 Å². The minimum atomic E-state index is -0.616. The van der Waals surface area contributed by atoms with Crippen LogP contribution >= 0.6 is 0 Å². The van der Waals surface area contributed by atoms with Crippen LogP contribution in [0.3, 0.4) is 0 Å². The lowest BCUT2D eigenvalue weighted by Gasteiger charge is -2.32. The Morgan fingerprint density at radius 1 is 1.38 bits per heavy atom. The van der Waals surface area contributed by atoms with Gasteiger partial charge in [-0.1, -0.05) is 17.1 Å². The molecule has 134 valence electrons. The molecule has 8 nitrogen and oxygen atoms in total. The summed E-state index contributed by atoms with van der Waals surface area (Å²) >= 11 is 0. The van der Waals surface area contributed by atoms with Crippen LogP contribution in [0.25, 0.3) is 0 Å². The summed E-state index contributed by atoms with van der Waals surface area (Å²) in [5, 5.41) is 0. The molecule has 3 amide bonds. The largest absolute Gasteiger partial charge is 0.466 e. The number of fused-ring (bicyclic) bond motifs is 3. The first-order valence-electron chi connectivity index (χ1n) is 8.45. The van der Waals surface area contributed by atoms with E-state index in [1.54, 1.807) is 19.4 Å². The number of aromatic nitrogens is 2. The fourth-order valence-electron chi connectivity index (χ4n) is 3.36. The molecule has 2 aromatic heterocycles. The lowest BCUT2D eigenvalue weighted by Crippen LogP contribution is -2.62. The third-order valence-electron chi connectivity index (χ3n) is 4.74. The van der Waals surface area contributed by atoms with Gasteiger partial charge in [-0.25, -0.2) is 13.9 Å². The number of likely N-dealkylation sites (N-methyl/N-ethyl adjacent to an activating group) is 1. The smallest absolute Gasteiger partial charge is 0.402 e. The highest BCUT2D eigenvalue weighted by atomic mass is 16.3. The predicted octanol–water partition coefficient (Wildman–Crippen LogP) is 1.78. The van der Waals surface area contributed by atoms with Crippen molar-refractivity contribution in [3.63, 3.8) is 0 Å². The molecule has 0 radical (unpaired) electrons. The van der Waals surface area contributed by atoms with Crippen molar-refractivity contribution in [1.29, 1.82) is 0 Å². The SMILES string of the molecule is C/C=C/CN1C(=O)C2C(=Nc3n(Cc4ccco4)c(C)c[n+]32)N(C)C1=O. The van der Waals surface area contributed by atoms with E-state index >= 15 is 0 Å². The summed E-state index contributed by atoms with van der Waals surface area (Å²) in [4.78, 5) is 32.9. The Kier molecular flexibility index (Phi) is 3.75. The van der Waals surface area contributed by atoms with Gasteiger partial charge in [0.15, 0.2) is 0 Å². The summed E-state index contributed by atoms with van der Waals surface area (Å²) in [5.74, 6) is 1.64. The lowest BCUT2D eigenvalue weighted by molar-refractivity contribution is -0.677. The molecule has 2 aromatic rings. The van der Waals surface area contributed by atoms with Gasteiger partial charge in [0.1, 0.15) is 24.2 Å². The van der Waals surface area contributed by atoms with Crippen LogP contribution in [0.5, 0.6) is 0 Å². The van der Waals surface area contributed by atoms with Gasteiger partial charge in [0.25, 0.3) is 5.91 Å². The summed E-state index contributed by atoms with van der Waals surface area (Å²) in [6.07, 6.45) is 7.14. The van der Waals surface area contributed by atoms with E-state index in [2.05, 4.69) is 4.99 Å². The topological polar surface area (TPSA) is 74.9 Å². The zero-order valence-corrected chi connectivity index (χ0v) is 14.9. The number of carbonyl (C=O) groups excluding carboxylic acids is 2. The zero-order chi connectivity index (χ0) is 18.4. The van der Waals surface area contributed by atoms with Crippen LogP contribution < -0.4 is 4.57 Å². The Labute approximate surface area is 150 Å². The number of furan rings is 1. The lowest BCUT2D eigenvalue weighted by atomic mass is 10.1. The fraction of sp³-hybridized carbons (Fsp3) is 0.333. The Morgan fingerprint density at radius 3 is 2.88 bits per heavy atom. The second-order valence-electron chi connectivity index (χ2n) is 6.38. The van der Waals surface area contributed by atoms with Gasteiger partial charge in [-0.05, 0) is 26.0 Å². The Balaban J connectivity index is 1.75. The molecule has 0 bridgehead atoms. The number of imidazole rings is 1. The van der Waals surface area contributed by atoms with Crippen LogP contribution in [0.1, 0.15) is 24.4 Å². The molecule has 1 atom stereocenters. The van der Waals surface area contributed by atoms with Gasteiger partial charge < -0.3 is 4.42 Å². The Hall–Kier alpha value is -3.16. The molecule has 0 aromatic carbocycles. The molecule has 8 heteroatoms. The second-order valence-corrected chi connectivity index (χ2v) is 6.38. The van der Waals surface area contributed by atoms with Crippen LogP contribution in [0.2, 0.25) is 0 Å². The van der Waals surface area contributed by atoms with Gasteiger partial charge in [-0.2, -0.15) is 0 Å². The van der Waals surface area contributed by atoms with Gasteiger partial charge >= 0.3 is 12.0 Å². The summed E-state index contributed by atoms with van der Waals surface area (Å²) in [6.45, 7) is 4.59. The van der Waals surface area contributed by atoms with Crippen molar-refractivity contribution in [2.75, 3.05) is 13.6 Å². The molecule has 0 N–H and O–H groups in total.